The Labute approximate surface area is 117 Å². The second-order valence-electron chi connectivity index (χ2n) is 5.60. The molecular formula is C17H15NO2. The third kappa shape index (κ3) is 1.32. The maximum atomic E-state index is 11.5. The summed E-state index contributed by atoms with van der Waals surface area (Å²) in [6.45, 7) is 0.570. The molecule has 0 saturated carbocycles. The van der Waals surface area contributed by atoms with Crippen LogP contribution in [0.5, 0.6) is 0 Å². The Kier molecular flexibility index (Phi) is 2.22. The minimum atomic E-state index is -0.861. The maximum Gasteiger partial charge on any atom is 0.411 e. The highest BCUT2D eigenvalue weighted by Crippen LogP contribution is 2.52. The molecule has 2 bridgehead atoms. The van der Waals surface area contributed by atoms with Crippen molar-refractivity contribution in [2.45, 2.75) is 18.3 Å². The van der Waals surface area contributed by atoms with Gasteiger partial charge < -0.3 is 5.11 Å². The van der Waals surface area contributed by atoms with E-state index in [-0.39, 0.29) is 5.41 Å². The molecule has 1 aromatic rings. The summed E-state index contributed by atoms with van der Waals surface area (Å²) in [5.41, 5.74) is 4.48. The van der Waals surface area contributed by atoms with Gasteiger partial charge in [0.15, 0.2) is 0 Å². The molecule has 0 spiro atoms. The topological polar surface area (TPSA) is 40.5 Å². The van der Waals surface area contributed by atoms with Crippen molar-refractivity contribution >= 4 is 12.2 Å². The molecule has 4 rings (SSSR count). The summed E-state index contributed by atoms with van der Waals surface area (Å²) < 4.78 is 0. The molecule has 3 nitrogen and oxygen atoms in total. The van der Waals surface area contributed by atoms with Gasteiger partial charge in [-0.25, -0.2) is 4.79 Å². The van der Waals surface area contributed by atoms with Crippen LogP contribution >= 0.6 is 0 Å². The number of nitrogens with zero attached hydrogens (tertiary/aromatic N) is 1. The van der Waals surface area contributed by atoms with Crippen molar-refractivity contribution in [3.8, 4) is 0 Å². The lowest BCUT2D eigenvalue weighted by Crippen LogP contribution is -2.47. The molecule has 1 amide bonds. The van der Waals surface area contributed by atoms with Crippen LogP contribution in [0.15, 0.2) is 53.8 Å². The van der Waals surface area contributed by atoms with Gasteiger partial charge in [0.05, 0.1) is 5.70 Å². The number of fused-ring (bicyclic) bond motifs is 1. The van der Waals surface area contributed by atoms with Crippen LogP contribution in [0.1, 0.15) is 24.0 Å². The molecule has 2 aliphatic carbocycles. The van der Waals surface area contributed by atoms with Crippen LogP contribution < -0.4 is 0 Å². The molecule has 1 N–H and O–H groups in total. The Morgan fingerprint density at radius 1 is 1.30 bits per heavy atom. The van der Waals surface area contributed by atoms with Crippen LogP contribution in [0.3, 0.4) is 0 Å². The fourth-order valence-electron chi connectivity index (χ4n) is 3.79. The van der Waals surface area contributed by atoms with Crippen molar-refractivity contribution in [3.63, 3.8) is 0 Å². The highest BCUT2D eigenvalue weighted by Gasteiger charge is 2.47. The zero-order chi connectivity index (χ0) is 13.7. The first-order valence-electron chi connectivity index (χ1n) is 6.92. The third-order valence-electron chi connectivity index (χ3n) is 4.71. The van der Waals surface area contributed by atoms with Gasteiger partial charge in [0.25, 0.3) is 0 Å². The lowest BCUT2D eigenvalue weighted by Gasteiger charge is -2.48. The minimum Gasteiger partial charge on any atom is -0.465 e. The SMILES string of the molecule is O=C(O)N1CCC23CC=CC=C2C1=Cc1ccccc13. The first-order valence-corrected chi connectivity index (χ1v) is 6.92. The molecule has 3 heteroatoms. The largest absolute Gasteiger partial charge is 0.465 e. The summed E-state index contributed by atoms with van der Waals surface area (Å²) in [5, 5.41) is 9.43. The molecule has 1 fully saturated rings. The van der Waals surface area contributed by atoms with Gasteiger partial charge in [0, 0.05) is 12.0 Å². The third-order valence-corrected chi connectivity index (χ3v) is 4.71. The smallest absolute Gasteiger partial charge is 0.411 e. The van der Waals surface area contributed by atoms with E-state index in [9.17, 15) is 9.90 Å². The van der Waals surface area contributed by atoms with Gasteiger partial charge in [-0.1, -0.05) is 42.5 Å². The highest BCUT2D eigenvalue weighted by molar-refractivity contribution is 5.79. The van der Waals surface area contributed by atoms with Gasteiger partial charge in [-0.15, -0.1) is 0 Å². The number of hydrogen-bond acceptors (Lipinski definition) is 1. The maximum absolute atomic E-state index is 11.5. The number of rotatable bonds is 0. The summed E-state index contributed by atoms with van der Waals surface area (Å²) in [4.78, 5) is 13.0. The van der Waals surface area contributed by atoms with Crippen LogP contribution in [0, 0.1) is 0 Å². The Hall–Kier alpha value is -2.29. The fourth-order valence-corrected chi connectivity index (χ4v) is 3.79. The van der Waals surface area contributed by atoms with Crippen LogP contribution in [0.2, 0.25) is 0 Å². The minimum absolute atomic E-state index is 0.0264. The molecule has 1 saturated heterocycles. The van der Waals surface area contributed by atoms with Gasteiger partial charge >= 0.3 is 6.09 Å². The summed E-state index contributed by atoms with van der Waals surface area (Å²) >= 11 is 0. The Bertz CT molecular complexity index is 699. The zero-order valence-corrected chi connectivity index (χ0v) is 11.0. The first kappa shape index (κ1) is 11.5. The van der Waals surface area contributed by atoms with Crippen molar-refractivity contribution in [1.29, 1.82) is 0 Å². The fraction of sp³-hybridized carbons (Fsp3) is 0.235. The van der Waals surface area contributed by atoms with E-state index >= 15 is 0 Å². The van der Waals surface area contributed by atoms with E-state index < -0.39 is 6.09 Å². The predicted octanol–water partition coefficient (Wildman–Crippen LogP) is 3.55. The highest BCUT2D eigenvalue weighted by atomic mass is 16.4. The molecule has 0 aromatic heterocycles. The second kappa shape index (κ2) is 3.85. The van der Waals surface area contributed by atoms with Gasteiger partial charge in [-0.05, 0) is 35.6 Å². The van der Waals surface area contributed by atoms with Gasteiger partial charge in [0.1, 0.15) is 0 Å². The van der Waals surface area contributed by atoms with Crippen molar-refractivity contribution in [3.05, 3.63) is 64.9 Å². The van der Waals surface area contributed by atoms with Crippen LogP contribution in [0.4, 0.5) is 4.79 Å². The summed E-state index contributed by atoms with van der Waals surface area (Å²) in [6.07, 6.45) is 9.29. The lowest BCUT2D eigenvalue weighted by molar-refractivity contribution is 0.149. The van der Waals surface area contributed by atoms with E-state index in [1.807, 2.05) is 18.2 Å². The summed E-state index contributed by atoms with van der Waals surface area (Å²) in [7, 11) is 0. The molecule has 1 atom stereocenters. The summed E-state index contributed by atoms with van der Waals surface area (Å²) in [6, 6.07) is 8.36. The van der Waals surface area contributed by atoms with E-state index in [2.05, 4.69) is 30.4 Å². The monoisotopic (exact) mass is 265 g/mol. The number of piperidine rings is 1. The molecule has 100 valence electrons. The molecular weight excluding hydrogens is 250 g/mol. The van der Waals surface area contributed by atoms with Crippen LogP contribution in [0.25, 0.3) is 6.08 Å². The van der Waals surface area contributed by atoms with Gasteiger partial charge in [0.2, 0.25) is 0 Å². The number of carbonyl (C=O) groups is 1. The number of likely N-dealkylation sites (tertiary alicyclic amines) is 1. The average molecular weight is 265 g/mol. The van der Waals surface area contributed by atoms with Crippen molar-refractivity contribution in [2.75, 3.05) is 6.54 Å². The second-order valence-corrected chi connectivity index (χ2v) is 5.60. The molecule has 1 aromatic carbocycles. The quantitative estimate of drug-likeness (QED) is 0.779. The molecule has 1 aliphatic heterocycles. The number of hydrogen-bond donors (Lipinski definition) is 1. The molecule has 1 unspecified atom stereocenters. The molecule has 3 aliphatic rings. The number of benzene rings is 1. The Morgan fingerprint density at radius 2 is 2.15 bits per heavy atom. The van der Waals surface area contributed by atoms with E-state index in [4.69, 9.17) is 0 Å². The Balaban J connectivity index is 2.01. The lowest BCUT2D eigenvalue weighted by atomic mass is 9.61. The van der Waals surface area contributed by atoms with E-state index in [0.29, 0.717) is 6.54 Å². The molecule has 1 heterocycles. The zero-order valence-electron chi connectivity index (χ0n) is 11.0. The predicted molar refractivity (Wildman–Crippen MR) is 77.3 cm³/mol. The average Bonchev–Trinajstić information content (AvgIpc) is 2.47. The number of carboxylic acid groups (broad SMARTS) is 1. The van der Waals surface area contributed by atoms with Gasteiger partial charge in [-0.3, -0.25) is 4.90 Å². The van der Waals surface area contributed by atoms with Crippen LogP contribution in [-0.4, -0.2) is 22.6 Å². The van der Waals surface area contributed by atoms with Crippen LogP contribution in [-0.2, 0) is 5.41 Å². The van der Waals surface area contributed by atoms with E-state index in [1.54, 1.807) is 0 Å². The Morgan fingerprint density at radius 3 is 3.00 bits per heavy atom. The standard InChI is InChI=1S/C17H15NO2/c19-16(20)18-10-9-17-8-4-3-7-14(17)15(18)11-12-5-1-2-6-13(12)17/h1-7,11H,8-10H2,(H,19,20). The number of amides is 1. The van der Waals surface area contributed by atoms with E-state index in [1.165, 1.54) is 10.5 Å². The van der Waals surface area contributed by atoms with Gasteiger partial charge in [-0.2, -0.15) is 0 Å². The molecule has 20 heavy (non-hydrogen) atoms. The first-order chi connectivity index (χ1) is 9.72. The molecule has 0 radical (unpaired) electrons. The van der Waals surface area contributed by atoms with E-state index in [0.717, 1.165) is 29.7 Å². The normalized spacial score (nSPS) is 26.3. The summed E-state index contributed by atoms with van der Waals surface area (Å²) in [5.74, 6) is 0. The van der Waals surface area contributed by atoms with Crippen molar-refractivity contribution in [1.82, 2.24) is 4.90 Å². The van der Waals surface area contributed by atoms with Crippen molar-refractivity contribution in [2.24, 2.45) is 0 Å². The van der Waals surface area contributed by atoms with Crippen molar-refractivity contribution < 1.29 is 9.90 Å². The number of allylic oxidation sites excluding steroid dienone is 4.